The summed E-state index contributed by atoms with van der Waals surface area (Å²) in [6.07, 6.45) is 0.0202. The molecule has 1 fully saturated rings. The van der Waals surface area contributed by atoms with Crippen molar-refractivity contribution in [2.45, 2.75) is 12.8 Å². The number of halogens is 1. The molecule has 1 atom stereocenters. The molecule has 2 aromatic rings. The van der Waals surface area contributed by atoms with E-state index in [4.69, 9.17) is 0 Å². The number of benzene rings is 1. The molecule has 0 radical (unpaired) electrons. The number of carbonyl (C=O) groups excluding carboxylic acids is 3. The van der Waals surface area contributed by atoms with E-state index < -0.39 is 17.7 Å². The first-order chi connectivity index (χ1) is 12.5. The third-order valence-electron chi connectivity index (χ3n) is 3.97. The molecule has 1 saturated heterocycles. The molecule has 26 heavy (non-hydrogen) atoms. The van der Waals surface area contributed by atoms with Crippen LogP contribution in [0.25, 0.3) is 0 Å². The van der Waals surface area contributed by atoms with Crippen molar-refractivity contribution in [2.75, 3.05) is 23.9 Å². The molecule has 0 aliphatic carbocycles. The lowest BCUT2D eigenvalue weighted by atomic mass is 10.1. The van der Waals surface area contributed by atoms with Gasteiger partial charge in [-0.05, 0) is 12.1 Å². The number of ether oxygens (including phenoxy) is 1. The third kappa shape index (κ3) is 3.88. The van der Waals surface area contributed by atoms with Gasteiger partial charge in [0.15, 0.2) is 5.13 Å². The number of carbonyl (C=O) groups is 3. The summed E-state index contributed by atoms with van der Waals surface area (Å²) in [4.78, 5) is 41.2. The molecule has 1 aliphatic heterocycles. The second kappa shape index (κ2) is 7.61. The summed E-state index contributed by atoms with van der Waals surface area (Å²) in [7, 11) is 1.29. The van der Waals surface area contributed by atoms with Gasteiger partial charge in [-0.2, -0.15) is 0 Å². The van der Waals surface area contributed by atoms with Gasteiger partial charge in [-0.15, -0.1) is 11.3 Å². The van der Waals surface area contributed by atoms with Gasteiger partial charge in [-0.3, -0.25) is 14.4 Å². The van der Waals surface area contributed by atoms with Gasteiger partial charge in [0.25, 0.3) is 0 Å². The van der Waals surface area contributed by atoms with Gasteiger partial charge in [-0.1, -0.05) is 12.1 Å². The fraction of sp³-hybridized carbons (Fsp3) is 0.294. The maximum absolute atomic E-state index is 13.9. The molecular weight excluding hydrogens is 361 g/mol. The molecule has 9 heteroatoms. The maximum atomic E-state index is 13.9. The number of rotatable bonds is 5. The lowest BCUT2D eigenvalue weighted by Crippen LogP contribution is -2.28. The molecule has 1 aromatic heterocycles. The first-order valence-corrected chi connectivity index (χ1v) is 8.73. The minimum atomic E-state index is -0.602. The number of esters is 1. The van der Waals surface area contributed by atoms with E-state index in [9.17, 15) is 18.8 Å². The molecule has 0 unspecified atom stereocenters. The van der Waals surface area contributed by atoms with Crippen molar-refractivity contribution in [2.24, 2.45) is 5.92 Å². The minimum absolute atomic E-state index is 0.000556. The minimum Gasteiger partial charge on any atom is -0.469 e. The van der Waals surface area contributed by atoms with Crippen molar-refractivity contribution in [1.29, 1.82) is 0 Å². The fourth-order valence-electron chi connectivity index (χ4n) is 2.66. The molecule has 2 heterocycles. The van der Waals surface area contributed by atoms with Crippen LogP contribution in [0.1, 0.15) is 12.1 Å². The fourth-order valence-corrected chi connectivity index (χ4v) is 3.37. The summed E-state index contributed by atoms with van der Waals surface area (Å²) in [6, 6.07) is 5.96. The van der Waals surface area contributed by atoms with E-state index in [-0.39, 0.29) is 36.9 Å². The van der Waals surface area contributed by atoms with E-state index in [0.717, 1.165) is 0 Å². The molecule has 1 aromatic carbocycles. The van der Waals surface area contributed by atoms with Crippen LogP contribution in [0.4, 0.5) is 15.2 Å². The highest BCUT2D eigenvalue weighted by atomic mass is 32.1. The second-order valence-corrected chi connectivity index (χ2v) is 6.60. The van der Waals surface area contributed by atoms with Gasteiger partial charge in [0.2, 0.25) is 11.8 Å². The normalized spacial score (nSPS) is 16.6. The number of nitrogens with zero attached hydrogens (tertiary/aromatic N) is 2. The zero-order valence-electron chi connectivity index (χ0n) is 13.9. The number of methoxy groups -OCH3 is 1. The van der Waals surface area contributed by atoms with E-state index in [1.165, 1.54) is 41.5 Å². The molecular formula is C17H16FN3O4S. The Morgan fingerprint density at radius 3 is 2.92 bits per heavy atom. The molecule has 0 spiro atoms. The van der Waals surface area contributed by atoms with Crippen LogP contribution in [0.15, 0.2) is 29.6 Å². The molecule has 7 nitrogen and oxygen atoms in total. The van der Waals surface area contributed by atoms with Gasteiger partial charge in [-0.25, -0.2) is 9.37 Å². The molecule has 1 aliphatic rings. The van der Waals surface area contributed by atoms with Gasteiger partial charge in [0.1, 0.15) is 5.82 Å². The van der Waals surface area contributed by atoms with Crippen molar-refractivity contribution >= 4 is 39.9 Å². The van der Waals surface area contributed by atoms with Crippen LogP contribution >= 0.6 is 11.3 Å². The van der Waals surface area contributed by atoms with Crippen LogP contribution in [0.3, 0.4) is 0 Å². The number of amides is 2. The number of hydrogen-bond acceptors (Lipinski definition) is 6. The predicted molar refractivity (Wildman–Crippen MR) is 93.3 cm³/mol. The highest BCUT2D eigenvalue weighted by Crippen LogP contribution is 2.28. The Morgan fingerprint density at radius 2 is 2.19 bits per heavy atom. The Morgan fingerprint density at radius 1 is 1.42 bits per heavy atom. The lowest BCUT2D eigenvalue weighted by Gasteiger charge is -2.17. The van der Waals surface area contributed by atoms with Crippen molar-refractivity contribution in [3.05, 3.63) is 41.2 Å². The summed E-state index contributed by atoms with van der Waals surface area (Å²) < 4.78 is 18.5. The Balaban J connectivity index is 1.63. The number of hydrogen-bond donors (Lipinski definition) is 1. The average Bonchev–Trinajstić information content (AvgIpc) is 3.22. The largest absolute Gasteiger partial charge is 0.469 e. The van der Waals surface area contributed by atoms with Gasteiger partial charge >= 0.3 is 5.97 Å². The van der Waals surface area contributed by atoms with Crippen LogP contribution in [0, 0.1) is 11.7 Å². The Bertz CT molecular complexity index is 854. The molecule has 136 valence electrons. The number of anilines is 2. The summed E-state index contributed by atoms with van der Waals surface area (Å²) in [6.45, 7) is 0.103. The van der Waals surface area contributed by atoms with E-state index in [1.807, 2.05) is 0 Å². The predicted octanol–water partition coefficient (Wildman–Crippen LogP) is 1.99. The molecule has 1 N–H and O–H groups in total. The topological polar surface area (TPSA) is 88.6 Å². The van der Waals surface area contributed by atoms with Crippen molar-refractivity contribution < 1.29 is 23.5 Å². The SMILES string of the molecule is COC(=O)Cc1csc(NC(=O)[C@H]2CC(=O)N(c3ccccc3F)C2)n1. The Hall–Kier alpha value is -2.81. The molecule has 0 bridgehead atoms. The number of nitrogens with one attached hydrogen (secondary N) is 1. The van der Waals surface area contributed by atoms with Crippen LogP contribution < -0.4 is 10.2 Å². The van der Waals surface area contributed by atoms with E-state index in [0.29, 0.717) is 10.8 Å². The zero-order valence-corrected chi connectivity index (χ0v) is 14.7. The average molecular weight is 377 g/mol. The highest BCUT2D eigenvalue weighted by molar-refractivity contribution is 7.13. The molecule has 2 amide bonds. The van der Waals surface area contributed by atoms with Gasteiger partial charge in [0, 0.05) is 18.3 Å². The Kier molecular flexibility index (Phi) is 5.27. The zero-order chi connectivity index (χ0) is 18.7. The number of para-hydroxylation sites is 1. The quantitative estimate of drug-likeness (QED) is 0.805. The first-order valence-electron chi connectivity index (χ1n) is 7.85. The number of aromatic nitrogens is 1. The molecule has 0 saturated carbocycles. The second-order valence-electron chi connectivity index (χ2n) is 5.74. The summed E-state index contributed by atoms with van der Waals surface area (Å²) in [5.74, 6) is -2.20. The van der Waals surface area contributed by atoms with Gasteiger partial charge < -0.3 is 15.0 Å². The van der Waals surface area contributed by atoms with E-state index >= 15 is 0 Å². The summed E-state index contributed by atoms with van der Waals surface area (Å²) in [5.41, 5.74) is 0.662. The van der Waals surface area contributed by atoms with Crippen LogP contribution in [0.2, 0.25) is 0 Å². The summed E-state index contributed by atoms with van der Waals surface area (Å²) in [5, 5.41) is 4.64. The van der Waals surface area contributed by atoms with Crippen LogP contribution in [0.5, 0.6) is 0 Å². The van der Waals surface area contributed by atoms with Crippen LogP contribution in [-0.4, -0.2) is 36.4 Å². The van der Waals surface area contributed by atoms with E-state index in [1.54, 1.807) is 11.4 Å². The van der Waals surface area contributed by atoms with E-state index in [2.05, 4.69) is 15.0 Å². The standard InChI is InChI=1S/C17H16FN3O4S/c1-25-15(23)7-11-9-26-17(19-11)20-16(24)10-6-14(22)21(8-10)13-5-3-2-4-12(13)18/h2-5,9-10H,6-8H2,1H3,(H,19,20,24)/t10-/m0/s1. The van der Waals surface area contributed by atoms with Crippen molar-refractivity contribution in [3.63, 3.8) is 0 Å². The third-order valence-corrected chi connectivity index (χ3v) is 4.78. The lowest BCUT2D eigenvalue weighted by molar-refractivity contribution is -0.139. The molecule has 3 rings (SSSR count). The van der Waals surface area contributed by atoms with Crippen molar-refractivity contribution in [3.8, 4) is 0 Å². The van der Waals surface area contributed by atoms with Crippen molar-refractivity contribution in [1.82, 2.24) is 4.98 Å². The van der Waals surface area contributed by atoms with Gasteiger partial charge in [0.05, 0.1) is 30.8 Å². The monoisotopic (exact) mass is 377 g/mol. The Labute approximate surface area is 152 Å². The summed E-state index contributed by atoms with van der Waals surface area (Å²) >= 11 is 1.18. The highest BCUT2D eigenvalue weighted by Gasteiger charge is 2.36. The number of thiazole rings is 1. The first kappa shape index (κ1) is 18.0. The maximum Gasteiger partial charge on any atom is 0.311 e. The smallest absolute Gasteiger partial charge is 0.311 e. The van der Waals surface area contributed by atoms with Crippen LogP contribution in [-0.2, 0) is 25.5 Å².